The largest absolute Gasteiger partial charge is 0.453 e. The van der Waals surface area contributed by atoms with Crippen LogP contribution in [0.2, 0.25) is 5.02 Å². The average Bonchev–Trinajstić information content (AvgIpc) is 3.87. The summed E-state index contributed by atoms with van der Waals surface area (Å²) in [5.74, 6) is 0.559. The number of hydrogen-bond donors (Lipinski definition) is 3. The summed E-state index contributed by atoms with van der Waals surface area (Å²) in [7, 11) is 1.30. The van der Waals surface area contributed by atoms with Crippen LogP contribution in [0, 0.1) is 5.92 Å². The highest BCUT2D eigenvalue weighted by Crippen LogP contribution is 2.47. The third kappa shape index (κ3) is 5.55. The number of carbonyl (C=O) groups is 2. The summed E-state index contributed by atoms with van der Waals surface area (Å²) in [4.78, 5) is 46.2. The molecular formula is C35H38ClN7O3. The van der Waals surface area contributed by atoms with E-state index in [4.69, 9.17) is 21.3 Å². The molecule has 11 heteroatoms. The van der Waals surface area contributed by atoms with Gasteiger partial charge in [-0.3, -0.25) is 4.79 Å². The Balaban J connectivity index is 1.19. The molecule has 2 fully saturated rings. The summed E-state index contributed by atoms with van der Waals surface area (Å²) in [6, 6.07) is 20.5. The number of hydrogen-bond acceptors (Lipinski definition) is 6. The van der Waals surface area contributed by atoms with Crippen LogP contribution in [0.5, 0.6) is 0 Å². The fraction of sp³-hybridized carbons (Fsp3) is 0.371. The highest BCUT2D eigenvalue weighted by atomic mass is 35.5. The van der Waals surface area contributed by atoms with Crippen molar-refractivity contribution in [3.8, 4) is 0 Å². The second-order valence-corrected chi connectivity index (χ2v) is 13.1. The number of rotatable bonds is 7. The number of H-pyrrole nitrogens is 2. The Morgan fingerprint density at radius 1 is 0.935 bits per heavy atom. The van der Waals surface area contributed by atoms with Crippen LogP contribution < -0.4 is 10.2 Å². The molecule has 4 atom stereocenters. The molecule has 0 spiro atoms. The van der Waals surface area contributed by atoms with E-state index < -0.39 is 12.1 Å². The minimum Gasteiger partial charge on any atom is -0.453 e. The third-order valence-corrected chi connectivity index (χ3v) is 9.75. The molecule has 2 aliphatic heterocycles. The maximum absolute atomic E-state index is 13.7. The van der Waals surface area contributed by atoms with Gasteiger partial charge in [0.05, 0.1) is 53.6 Å². The molecule has 0 aliphatic carbocycles. The molecule has 5 aromatic rings. The van der Waals surface area contributed by atoms with E-state index in [1.54, 1.807) is 6.33 Å². The quantitative estimate of drug-likeness (QED) is 0.173. The monoisotopic (exact) mass is 639 g/mol. The second kappa shape index (κ2) is 12.3. The molecule has 0 bridgehead atoms. The molecule has 10 nitrogen and oxygen atoms in total. The van der Waals surface area contributed by atoms with Crippen LogP contribution in [0.4, 0.5) is 10.5 Å². The van der Waals surface area contributed by atoms with E-state index in [2.05, 4.69) is 73.7 Å². The molecule has 46 heavy (non-hydrogen) atoms. The van der Waals surface area contributed by atoms with Crippen LogP contribution >= 0.6 is 11.6 Å². The van der Waals surface area contributed by atoms with Crippen molar-refractivity contribution in [2.75, 3.05) is 18.6 Å². The Bertz CT molecular complexity index is 1880. The number of nitrogens with zero attached hydrogens (tertiary/aromatic N) is 4. The summed E-state index contributed by atoms with van der Waals surface area (Å²) in [5.41, 5.74) is 7.32. The Morgan fingerprint density at radius 3 is 2.33 bits per heavy atom. The number of anilines is 1. The second-order valence-electron chi connectivity index (χ2n) is 12.6. The summed E-state index contributed by atoms with van der Waals surface area (Å²) < 4.78 is 4.78. The zero-order chi connectivity index (χ0) is 31.9. The minimum atomic E-state index is -0.674. The third-order valence-electron chi connectivity index (χ3n) is 9.49. The van der Waals surface area contributed by atoms with Crippen LogP contribution in [0.25, 0.3) is 22.1 Å². The molecule has 2 aromatic heterocycles. The first-order valence-electron chi connectivity index (χ1n) is 15.9. The number of ether oxygens (including phenoxy) is 1. The van der Waals surface area contributed by atoms with Gasteiger partial charge in [0.25, 0.3) is 0 Å². The summed E-state index contributed by atoms with van der Waals surface area (Å²) >= 11 is 6.30. The van der Waals surface area contributed by atoms with E-state index in [0.717, 1.165) is 59.3 Å². The van der Waals surface area contributed by atoms with Gasteiger partial charge >= 0.3 is 6.09 Å². The standard InChI is InChI=1S/C35H38ClN7O3/c1-20(2)32(41-35(45)46-3)34(44)42-16-4-5-31(42)33-39-26-13-7-22(18-28(26)40-33)30-15-14-29(43(30)24-10-8-23(36)9-11-24)21-6-12-25-27(17-21)38-19-37-25/h6-13,17-20,29-32H,4-5,14-16H2,1-3H3,(H,37,38)(H,39,40)(H,41,45)/t29-,30-,31+,32?/m1/s1. The van der Waals surface area contributed by atoms with Crippen molar-refractivity contribution in [2.45, 2.75) is 63.7 Å². The Kier molecular flexibility index (Phi) is 8.06. The van der Waals surface area contributed by atoms with Gasteiger partial charge in [-0.25, -0.2) is 14.8 Å². The van der Waals surface area contributed by atoms with Crippen LogP contribution in [-0.2, 0) is 9.53 Å². The number of amides is 2. The van der Waals surface area contributed by atoms with Gasteiger partial charge < -0.3 is 29.8 Å². The van der Waals surface area contributed by atoms with E-state index >= 15 is 0 Å². The highest BCUT2D eigenvalue weighted by molar-refractivity contribution is 6.30. The van der Waals surface area contributed by atoms with E-state index in [0.29, 0.717) is 11.6 Å². The number of aromatic amines is 2. The van der Waals surface area contributed by atoms with Gasteiger partial charge in [-0.05, 0) is 91.3 Å². The van der Waals surface area contributed by atoms with Gasteiger partial charge in [-0.2, -0.15) is 0 Å². The smallest absolute Gasteiger partial charge is 0.407 e. The molecule has 2 saturated heterocycles. The van der Waals surface area contributed by atoms with Crippen molar-refractivity contribution >= 4 is 51.4 Å². The van der Waals surface area contributed by atoms with Crippen molar-refractivity contribution in [1.82, 2.24) is 30.2 Å². The lowest BCUT2D eigenvalue weighted by Crippen LogP contribution is -2.51. The zero-order valence-electron chi connectivity index (χ0n) is 26.2. The van der Waals surface area contributed by atoms with E-state index in [1.165, 1.54) is 18.2 Å². The lowest BCUT2D eigenvalue weighted by Gasteiger charge is -2.33. The number of halogens is 1. The van der Waals surface area contributed by atoms with Crippen molar-refractivity contribution < 1.29 is 14.3 Å². The fourth-order valence-electron chi connectivity index (χ4n) is 7.20. The predicted molar refractivity (Wildman–Crippen MR) is 179 cm³/mol. The van der Waals surface area contributed by atoms with Crippen molar-refractivity contribution in [1.29, 1.82) is 0 Å². The molecule has 3 aromatic carbocycles. The Labute approximate surface area is 272 Å². The normalized spacial score (nSPS) is 20.6. The van der Waals surface area contributed by atoms with Gasteiger partial charge in [-0.15, -0.1) is 0 Å². The molecule has 0 saturated carbocycles. The molecule has 4 heterocycles. The molecule has 2 amide bonds. The van der Waals surface area contributed by atoms with Crippen LogP contribution in [-0.4, -0.2) is 56.5 Å². The lowest BCUT2D eigenvalue weighted by atomic mass is 10.0. The van der Waals surface area contributed by atoms with Gasteiger partial charge in [-0.1, -0.05) is 37.6 Å². The average molecular weight is 640 g/mol. The van der Waals surface area contributed by atoms with E-state index in [1.807, 2.05) is 30.9 Å². The fourth-order valence-corrected chi connectivity index (χ4v) is 7.32. The Hall–Kier alpha value is -4.57. The number of methoxy groups -OCH3 is 1. The first kappa shape index (κ1) is 30.1. The van der Waals surface area contributed by atoms with E-state index in [9.17, 15) is 9.59 Å². The first-order chi connectivity index (χ1) is 22.3. The number of fused-ring (bicyclic) bond motifs is 2. The number of imidazole rings is 2. The van der Waals surface area contributed by atoms with Crippen molar-refractivity contribution in [2.24, 2.45) is 5.92 Å². The summed E-state index contributed by atoms with van der Waals surface area (Å²) in [5, 5.41) is 3.43. The SMILES string of the molecule is COC(=O)NC(C(=O)N1CCC[C@H]1c1nc2cc([C@H]3CC[C@H](c4ccc5[nH]cnc5c4)N3c3ccc(Cl)cc3)ccc2[nH]1)C(C)C. The van der Waals surface area contributed by atoms with Crippen molar-refractivity contribution in [3.05, 3.63) is 89.0 Å². The topological polar surface area (TPSA) is 119 Å². The number of carbonyl (C=O) groups excluding carboxylic acids is 2. The summed E-state index contributed by atoms with van der Waals surface area (Å²) in [6.45, 7) is 4.45. The number of likely N-dealkylation sites (tertiary alicyclic amines) is 1. The number of benzene rings is 3. The van der Waals surface area contributed by atoms with Gasteiger partial charge in [0.1, 0.15) is 11.9 Å². The minimum absolute atomic E-state index is 0.0916. The van der Waals surface area contributed by atoms with Crippen LogP contribution in [0.3, 0.4) is 0 Å². The number of nitrogens with one attached hydrogen (secondary N) is 3. The maximum Gasteiger partial charge on any atom is 0.407 e. The summed E-state index contributed by atoms with van der Waals surface area (Å²) in [6.07, 6.45) is 4.76. The zero-order valence-corrected chi connectivity index (χ0v) is 26.9. The van der Waals surface area contributed by atoms with Crippen LogP contribution in [0.1, 0.15) is 74.6 Å². The number of aromatic nitrogens is 4. The van der Waals surface area contributed by atoms with Crippen molar-refractivity contribution in [3.63, 3.8) is 0 Å². The van der Waals surface area contributed by atoms with E-state index in [-0.39, 0.29) is 30.0 Å². The highest BCUT2D eigenvalue weighted by Gasteiger charge is 2.38. The molecule has 3 N–H and O–H groups in total. The van der Waals surface area contributed by atoms with Gasteiger partial charge in [0.15, 0.2) is 0 Å². The molecule has 1 unspecified atom stereocenters. The molecule has 238 valence electrons. The lowest BCUT2D eigenvalue weighted by molar-refractivity contribution is -0.135. The van der Waals surface area contributed by atoms with Gasteiger partial charge in [0, 0.05) is 17.3 Å². The predicted octanol–water partition coefficient (Wildman–Crippen LogP) is 7.22. The Morgan fingerprint density at radius 2 is 1.63 bits per heavy atom. The molecule has 7 rings (SSSR count). The maximum atomic E-state index is 13.7. The van der Waals surface area contributed by atoms with Gasteiger partial charge in [0.2, 0.25) is 5.91 Å². The molecule has 2 aliphatic rings. The van der Waals surface area contributed by atoms with Crippen LogP contribution in [0.15, 0.2) is 67.0 Å². The molecular weight excluding hydrogens is 602 g/mol. The first-order valence-corrected chi connectivity index (χ1v) is 16.3. The molecule has 0 radical (unpaired) electrons. The number of alkyl carbamates (subject to hydrolysis) is 1.